The van der Waals surface area contributed by atoms with E-state index in [0.29, 0.717) is 45.5 Å². The van der Waals surface area contributed by atoms with Crippen LogP contribution in [0.5, 0.6) is 0 Å². The van der Waals surface area contributed by atoms with Crippen LogP contribution in [0.25, 0.3) is 122 Å². The summed E-state index contributed by atoms with van der Waals surface area (Å²) in [4.78, 5) is 4.38. The van der Waals surface area contributed by atoms with Gasteiger partial charge in [-0.05, 0) is 186 Å². The number of benzene rings is 16. The molecule has 0 radical (unpaired) electrons. The van der Waals surface area contributed by atoms with Crippen LogP contribution in [-0.4, -0.2) is 9.13 Å². The van der Waals surface area contributed by atoms with E-state index in [4.69, 9.17) is 4.11 Å². The summed E-state index contributed by atoms with van der Waals surface area (Å²) in [6, 6.07) is 91.3. The summed E-state index contributed by atoms with van der Waals surface area (Å²) in [5.41, 5.74) is 18.3. The Balaban J connectivity index is 0.973. The topological polar surface area (TPSA) is 40.1 Å². The monoisotopic (exact) mass is 1380 g/mol. The second kappa shape index (κ2) is 25.0. The van der Waals surface area contributed by atoms with Gasteiger partial charge in [-0.15, -0.1) is 0 Å². The minimum absolute atomic E-state index is 0.0551. The molecule has 5 nitrogen and oxygen atoms in total. The summed E-state index contributed by atoms with van der Waals surface area (Å²) in [6.45, 7) is 6.51. The molecule has 2 aliphatic rings. The van der Waals surface area contributed by atoms with Gasteiger partial charge in [0.2, 0.25) is 0 Å². The van der Waals surface area contributed by atoms with E-state index < -0.39 is 107 Å². The molecule has 0 N–H and O–H groups in total. The van der Waals surface area contributed by atoms with Gasteiger partial charge in [-0.3, -0.25) is 0 Å². The van der Waals surface area contributed by atoms with E-state index in [1.165, 1.54) is 9.13 Å². The maximum atomic E-state index is 10.6. The predicted octanol–water partition coefficient (Wildman–Crippen LogP) is 27.0. The highest BCUT2D eigenvalue weighted by atomic mass is 15.2. The lowest BCUT2D eigenvalue weighted by molar-refractivity contribution is 0.590. The van der Waals surface area contributed by atoms with Crippen molar-refractivity contribution in [1.82, 2.24) is 9.13 Å². The lowest BCUT2D eigenvalue weighted by Gasteiger charge is -2.35. The lowest BCUT2D eigenvalue weighted by Crippen LogP contribution is -2.26. The average molecular weight is 1380 g/mol. The van der Waals surface area contributed by atoms with Crippen molar-refractivity contribution in [2.75, 3.05) is 9.80 Å². The maximum absolute atomic E-state index is 10.6. The molecule has 0 amide bonds. The van der Waals surface area contributed by atoms with Crippen molar-refractivity contribution in [3.05, 3.63) is 409 Å². The number of hydrogen-bond donors (Lipinski definition) is 0. The van der Waals surface area contributed by atoms with Gasteiger partial charge in [-0.25, -0.2) is 0 Å². The first-order chi connectivity index (χ1) is 58.9. The van der Waals surface area contributed by atoms with Crippen LogP contribution in [0.1, 0.15) is 74.7 Å². The highest BCUT2D eigenvalue weighted by molar-refractivity contribution is 6.12. The molecular formula is C102H71N5. The van der Waals surface area contributed by atoms with Crippen LogP contribution in [0.2, 0.25) is 0 Å². The van der Waals surface area contributed by atoms with E-state index in [-0.39, 0.29) is 43.6 Å². The van der Waals surface area contributed by atoms with Crippen molar-refractivity contribution in [2.24, 2.45) is 0 Å². The zero-order valence-corrected chi connectivity index (χ0v) is 58.4. The van der Waals surface area contributed by atoms with E-state index in [1.807, 2.05) is 103 Å². The van der Waals surface area contributed by atoms with Gasteiger partial charge in [-0.2, -0.15) is 5.26 Å². The SMILES string of the molecule is [2H]c1c([2H])c([2H])c2c(c1[2H])c1c([2H])c([2H])c([2H])c([2H])c1n2-c1cccc(N(c2cc(-c3cccc4c3C3(c5ccccc5-c5ccccc53)c3ccccc3-4)cc(N(c3cccc(-n4c5c([2H])c([2H])c([2H])c([2H])c5c5c([2H])c(C#N)c([2H])c([2H])c54)c3)c3ccc(C(C)(C)C)cc3-c3ccccc3)c2)c2c(-c3ccccc3)cccc2-c2ccccc2)c1. The number of nitriles is 1. The Kier molecular flexibility index (Phi) is 11.4. The second-order valence-corrected chi connectivity index (χ2v) is 28.3. The number of anilines is 6. The first kappa shape index (κ1) is 49.0. The number of para-hydroxylation sites is 4. The third kappa shape index (κ3) is 9.98. The quantitative estimate of drug-likeness (QED) is 0.122. The molecule has 0 bridgehead atoms. The Morgan fingerprint density at radius 3 is 1.28 bits per heavy atom. The summed E-state index contributed by atoms with van der Waals surface area (Å²) in [7, 11) is 0. The first-order valence-corrected chi connectivity index (χ1v) is 35.7. The van der Waals surface area contributed by atoms with Gasteiger partial charge in [-0.1, -0.05) is 294 Å². The molecule has 18 aromatic rings. The normalized spacial score (nSPS) is 14.5. The van der Waals surface area contributed by atoms with Gasteiger partial charge >= 0.3 is 0 Å². The van der Waals surface area contributed by atoms with Crippen molar-refractivity contribution in [1.29, 1.82) is 5.26 Å². The van der Waals surface area contributed by atoms with Gasteiger partial charge in [0.25, 0.3) is 0 Å². The van der Waals surface area contributed by atoms with Crippen LogP contribution in [0.15, 0.2) is 376 Å². The van der Waals surface area contributed by atoms with Crippen LogP contribution >= 0.6 is 0 Å². The van der Waals surface area contributed by atoms with Crippen LogP contribution in [-0.2, 0) is 10.8 Å². The molecular weight excluding hydrogens is 1300 g/mol. The summed E-state index contributed by atoms with van der Waals surface area (Å²) >= 11 is 0. The van der Waals surface area contributed by atoms with Gasteiger partial charge in [0.15, 0.2) is 0 Å². The minimum atomic E-state index is -0.912. The van der Waals surface area contributed by atoms with E-state index in [9.17, 15) is 21.7 Å². The van der Waals surface area contributed by atoms with Crippen molar-refractivity contribution >= 4 is 77.7 Å². The number of rotatable bonds is 12. The zero-order valence-electron chi connectivity index (χ0n) is 73.4. The largest absolute Gasteiger partial charge is 0.310 e. The highest BCUT2D eigenvalue weighted by Crippen LogP contribution is 2.65. The molecule has 1 spiro atoms. The molecule has 2 aromatic heterocycles. The fourth-order valence-corrected chi connectivity index (χ4v) is 16.8. The highest BCUT2D eigenvalue weighted by Gasteiger charge is 2.53. The molecule has 0 saturated carbocycles. The maximum Gasteiger partial charge on any atom is 0.0991 e. The van der Waals surface area contributed by atoms with Crippen LogP contribution in [0, 0.1) is 11.3 Å². The Bertz CT molecular complexity index is 7400. The second-order valence-electron chi connectivity index (χ2n) is 28.3. The van der Waals surface area contributed by atoms with E-state index >= 15 is 0 Å². The fourth-order valence-electron chi connectivity index (χ4n) is 16.8. The fraction of sp³-hybridized carbons (Fsp3) is 0.0490. The number of aromatic nitrogens is 2. The van der Waals surface area contributed by atoms with Gasteiger partial charge in [0.05, 0.1) is 71.1 Å². The molecule has 504 valence electrons. The molecule has 0 unspecified atom stereocenters. The van der Waals surface area contributed by atoms with Crippen molar-refractivity contribution < 1.29 is 20.6 Å². The first-order valence-electron chi connectivity index (χ1n) is 43.2. The van der Waals surface area contributed by atoms with E-state index in [0.717, 1.165) is 94.6 Å². The molecule has 0 aliphatic heterocycles. The average Bonchev–Trinajstić information content (AvgIpc) is 1.48. The third-order valence-corrected chi connectivity index (χ3v) is 21.4. The molecule has 0 saturated heterocycles. The van der Waals surface area contributed by atoms with Crippen LogP contribution in [0.4, 0.5) is 34.1 Å². The van der Waals surface area contributed by atoms with Gasteiger partial charge < -0.3 is 18.9 Å². The Morgan fingerprint density at radius 2 is 0.757 bits per heavy atom. The summed E-state index contributed by atoms with van der Waals surface area (Å²) in [6.07, 6.45) is 0. The summed E-state index contributed by atoms with van der Waals surface area (Å²) in [5, 5.41) is 10.3. The molecule has 107 heavy (non-hydrogen) atoms. The third-order valence-electron chi connectivity index (χ3n) is 21.4. The van der Waals surface area contributed by atoms with Crippen molar-refractivity contribution in [2.45, 2.75) is 31.6 Å². The lowest BCUT2D eigenvalue weighted by atomic mass is 9.68. The Labute approximate surface area is 644 Å². The molecule has 0 atom stereocenters. The van der Waals surface area contributed by atoms with Gasteiger partial charge in [0, 0.05) is 72.4 Å². The standard InChI is InChI=1S/C102H71N5/c1-101(2,3)72-56-58-97(89(62-72)70-33-11-6-12-34-70)104(73-35-25-37-75(63-73)107-96-54-24-18-44-87(96)90-59-67(66-103)55-57-98(90)107)77-60-71(79-45-27-48-88-84-41-15-21-51-93(84)102(99(79)88)91-49-19-13-39-82(91)83-40-14-20-50-92(83)102)61-78(65-77)105(100-80(68-29-7-4-8-30-68)46-28-47-81(100)69-31-9-5-10-32-69)74-36-26-38-76(64-74)106-94-52-22-16-42-85(94)86-43-17-23-53-95(86)106/h4-65H,1-3H3/i16D,17D,18D,22D,23D,24D,42D,43D,44D,52D,53D,54D,55D,57D,59D. The van der Waals surface area contributed by atoms with Gasteiger partial charge in [0.1, 0.15) is 0 Å². The van der Waals surface area contributed by atoms with E-state index in [1.54, 1.807) is 12.1 Å². The molecule has 0 fully saturated rings. The smallest absolute Gasteiger partial charge is 0.0991 e. The molecule has 20 rings (SSSR count). The van der Waals surface area contributed by atoms with Crippen LogP contribution < -0.4 is 9.80 Å². The van der Waals surface area contributed by atoms with Crippen LogP contribution in [0.3, 0.4) is 0 Å². The molecule has 2 aliphatic carbocycles. The summed E-state index contributed by atoms with van der Waals surface area (Å²) in [5.74, 6) is 0. The minimum Gasteiger partial charge on any atom is -0.310 e. The Hall–Kier alpha value is -13.8. The molecule has 5 heteroatoms. The number of nitrogens with zero attached hydrogens (tertiary/aromatic N) is 5. The predicted molar refractivity (Wildman–Crippen MR) is 446 cm³/mol. The number of fused-ring (bicyclic) bond motifs is 16. The molecule has 2 heterocycles. The van der Waals surface area contributed by atoms with Crippen molar-refractivity contribution in [3.63, 3.8) is 0 Å². The zero-order chi connectivity index (χ0) is 84.5. The molecule has 16 aromatic carbocycles. The Morgan fingerprint density at radius 1 is 0.336 bits per heavy atom. The summed E-state index contributed by atoms with van der Waals surface area (Å²) < 4.78 is 145. The number of hydrogen-bond acceptors (Lipinski definition) is 3. The van der Waals surface area contributed by atoms with Crippen molar-refractivity contribution in [3.8, 4) is 84.2 Å². The van der Waals surface area contributed by atoms with E-state index in [2.05, 4.69) is 206 Å².